The van der Waals surface area contributed by atoms with Crippen LogP contribution in [0.3, 0.4) is 0 Å². The lowest BCUT2D eigenvalue weighted by Gasteiger charge is -2.26. The van der Waals surface area contributed by atoms with Crippen molar-refractivity contribution in [2.75, 3.05) is 26.2 Å². The number of pyridine rings is 1. The summed E-state index contributed by atoms with van der Waals surface area (Å²) in [6.45, 7) is 3.99. The molecule has 0 unspecified atom stereocenters. The Labute approximate surface area is 118 Å². The molecule has 1 fully saturated rings. The molecule has 0 aliphatic carbocycles. The first-order valence-electron chi connectivity index (χ1n) is 7.30. The van der Waals surface area contributed by atoms with Crippen molar-refractivity contribution in [1.82, 2.24) is 9.88 Å². The van der Waals surface area contributed by atoms with Gasteiger partial charge >= 0.3 is 0 Å². The molecule has 4 heteroatoms. The van der Waals surface area contributed by atoms with Gasteiger partial charge in [-0.1, -0.05) is 12.5 Å². The Bertz CT molecular complexity index is 630. The van der Waals surface area contributed by atoms with Crippen LogP contribution in [-0.2, 0) is 0 Å². The number of piperidine rings is 1. The molecule has 2 heterocycles. The number of hydrogen-bond donors (Lipinski definition) is 1. The number of benzene rings is 1. The number of hydrogen-bond acceptors (Lipinski definition) is 3. The molecule has 1 aliphatic rings. The van der Waals surface area contributed by atoms with E-state index in [1.54, 1.807) is 6.20 Å². The number of ether oxygens (including phenoxy) is 1. The van der Waals surface area contributed by atoms with Gasteiger partial charge in [-0.3, -0.25) is 9.69 Å². The minimum Gasteiger partial charge on any atom is -0.492 e. The second-order valence-corrected chi connectivity index (χ2v) is 5.27. The molecule has 1 aromatic carbocycles. The van der Waals surface area contributed by atoms with Crippen molar-refractivity contribution in [3.05, 3.63) is 40.8 Å². The third-order valence-electron chi connectivity index (χ3n) is 3.89. The fraction of sp³-hybridized carbons (Fsp3) is 0.438. The lowest BCUT2D eigenvalue weighted by atomic mass is 10.1. The van der Waals surface area contributed by atoms with E-state index < -0.39 is 0 Å². The highest BCUT2D eigenvalue weighted by Crippen LogP contribution is 2.22. The molecule has 20 heavy (non-hydrogen) atoms. The van der Waals surface area contributed by atoms with Gasteiger partial charge in [-0.15, -0.1) is 0 Å². The summed E-state index contributed by atoms with van der Waals surface area (Å²) in [6, 6.07) is 7.52. The Balaban J connectivity index is 1.68. The van der Waals surface area contributed by atoms with Crippen LogP contribution >= 0.6 is 0 Å². The molecule has 1 N–H and O–H groups in total. The van der Waals surface area contributed by atoms with E-state index in [-0.39, 0.29) is 5.56 Å². The van der Waals surface area contributed by atoms with E-state index in [0.29, 0.717) is 12.0 Å². The van der Waals surface area contributed by atoms with Crippen LogP contribution in [0.2, 0.25) is 0 Å². The molecule has 106 valence electrons. The maximum Gasteiger partial charge on any atom is 0.255 e. The van der Waals surface area contributed by atoms with Gasteiger partial charge in [0, 0.05) is 18.1 Å². The first-order valence-corrected chi connectivity index (χ1v) is 7.30. The fourth-order valence-corrected chi connectivity index (χ4v) is 2.79. The Morgan fingerprint density at radius 3 is 2.80 bits per heavy atom. The van der Waals surface area contributed by atoms with Gasteiger partial charge in [0.15, 0.2) is 0 Å². The van der Waals surface area contributed by atoms with Crippen molar-refractivity contribution < 1.29 is 4.74 Å². The number of H-pyrrole nitrogens is 1. The Hall–Kier alpha value is -1.81. The lowest BCUT2D eigenvalue weighted by Crippen LogP contribution is -2.33. The standard InChI is InChI=1S/C16H20N2O2/c19-16-14-5-4-6-15(13(14)7-8-17-16)20-12-11-18-9-2-1-3-10-18/h4-8H,1-3,9-12H2,(H,17,19). The Morgan fingerprint density at radius 1 is 1.10 bits per heavy atom. The highest BCUT2D eigenvalue weighted by atomic mass is 16.5. The van der Waals surface area contributed by atoms with Crippen LogP contribution in [0, 0.1) is 0 Å². The van der Waals surface area contributed by atoms with Crippen LogP contribution in [0.5, 0.6) is 5.75 Å². The molecular weight excluding hydrogens is 252 g/mol. The molecule has 4 nitrogen and oxygen atoms in total. The summed E-state index contributed by atoms with van der Waals surface area (Å²) in [5.41, 5.74) is -0.0658. The third kappa shape index (κ3) is 2.85. The SMILES string of the molecule is O=c1[nH]ccc2c(OCCN3CCCCC3)cccc12. The van der Waals surface area contributed by atoms with Gasteiger partial charge in [0.1, 0.15) is 12.4 Å². The fourth-order valence-electron chi connectivity index (χ4n) is 2.79. The topological polar surface area (TPSA) is 45.3 Å². The zero-order valence-corrected chi connectivity index (χ0v) is 11.6. The second-order valence-electron chi connectivity index (χ2n) is 5.27. The van der Waals surface area contributed by atoms with Crippen molar-refractivity contribution in [2.45, 2.75) is 19.3 Å². The minimum absolute atomic E-state index is 0.0658. The molecule has 3 rings (SSSR count). The number of fused-ring (bicyclic) bond motifs is 1. The van der Waals surface area contributed by atoms with Crippen molar-refractivity contribution in [2.24, 2.45) is 0 Å². The largest absolute Gasteiger partial charge is 0.492 e. The van der Waals surface area contributed by atoms with E-state index in [2.05, 4.69) is 9.88 Å². The molecule has 0 atom stereocenters. The summed E-state index contributed by atoms with van der Waals surface area (Å²) in [6.07, 6.45) is 5.61. The molecule has 0 spiro atoms. The van der Waals surface area contributed by atoms with Crippen LogP contribution in [0.4, 0.5) is 0 Å². The predicted molar refractivity (Wildman–Crippen MR) is 80.4 cm³/mol. The summed E-state index contributed by atoms with van der Waals surface area (Å²) in [5.74, 6) is 0.797. The zero-order chi connectivity index (χ0) is 13.8. The van der Waals surface area contributed by atoms with E-state index in [4.69, 9.17) is 4.74 Å². The second kappa shape index (κ2) is 6.09. The quantitative estimate of drug-likeness (QED) is 0.929. The summed E-state index contributed by atoms with van der Waals surface area (Å²) in [7, 11) is 0. The van der Waals surface area contributed by atoms with Gasteiger partial charge in [0.2, 0.25) is 0 Å². The van der Waals surface area contributed by atoms with Gasteiger partial charge in [0.05, 0.1) is 5.39 Å². The molecule has 0 saturated carbocycles. The van der Waals surface area contributed by atoms with Gasteiger partial charge < -0.3 is 9.72 Å². The number of aromatic amines is 1. The molecule has 0 radical (unpaired) electrons. The highest BCUT2D eigenvalue weighted by Gasteiger charge is 2.10. The third-order valence-corrected chi connectivity index (χ3v) is 3.89. The van der Waals surface area contributed by atoms with Gasteiger partial charge in [0.25, 0.3) is 5.56 Å². The van der Waals surface area contributed by atoms with Crippen LogP contribution in [0.1, 0.15) is 19.3 Å². The van der Waals surface area contributed by atoms with E-state index in [1.807, 2.05) is 24.3 Å². The molecule has 1 saturated heterocycles. The molecule has 1 aliphatic heterocycles. The monoisotopic (exact) mass is 272 g/mol. The molecule has 0 bridgehead atoms. The molecule has 2 aromatic rings. The number of nitrogens with zero attached hydrogens (tertiary/aromatic N) is 1. The Morgan fingerprint density at radius 2 is 1.95 bits per heavy atom. The van der Waals surface area contributed by atoms with E-state index in [9.17, 15) is 4.79 Å². The molecule has 0 amide bonds. The molecular formula is C16H20N2O2. The number of aromatic nitrogens is 1. The van der Waals surface area contributed by atoms with E-state index >= 15 is 0 Å². The van der Waals surface area contributed by atoms with Crippen molar-refractivity contribution in [3.8, 4) is 5.75 Å². The average Bonchev–Trinajstić information content (AvgIpc) is 2.49. The van der Waals surface area contributed by atoms with Crippen LogP contribution in [0.15, 0.2) is 35.3 Å². The van der Waals surface area contributed by atoms with Crippen molar-refractivity contribution in [3.63, 3.8) is 0 Å². The first kappa shape index (κ1) is 13.2. The Kier molecular flexibility index (Phi) is 4.02. The van der Waals surface area contributed by atoms with Crippen LogP contribution < -0.4 is 10.3 Å². The van der Waals surface area contributed by atoms with Gasteiger partial charge in [-0.05, 0) is 44.1 Å². The smallest absolute Gasteiger partial charge is 0.255 e. The number of nitrogens with one attached hydrogen (secondary N) is 1. The summed E-state index contributed by atoms with van der Waals surface area (Å²) in [5, 5.41) is 1.57. The van der Waals surface area contributed by atoms with Crippen LogP contribution in [0.25, 0.3) is 10.8 Å². The predicted octanol–water partition coefficient (Wildman–Crippen LogP) is 2.39. The lowest BCUT2D eigenvalue weighted by molar-refractivity contribution is 0.184. The minimum atomic E-state index is -0.0658. The van der Waals surface area contributed by atoms with Gasteiger partial charge in [-0.2, -0.15) is 0 Å². The van der Waals surface area contributed by atoms with E-state index in [0.717, 1.165) is 17.7 Å². The number of rotatable bonds is 4. The highest BCUT2D eigenvalue weighted by molar-refractivity contribution is 5.87. The maximum absolute atomic E-state index is 11.7. The maximum atomic E-state index is 11.7. The normalized spacial score (nSPS) is 16.4. The van der Waals surface area contributed by atoms with Gasteiger partial charge in [-0.25, -0.2) is 0 Å². The summed E-state index contributed by atoms with van der Waals surface area (Å²) < 4.78 is 5.88. The molecule has 1 aromatic heterocycles. The first-order chi connectivity index (χ1) is 9.84. The van der Waals surface area contributed by atoms with Crippen molar-refractivity contribution in [1.29, 1.82) is 0 Å². The average molecular weight is 272 g/mol. The summed E-state index contributed by atoms with van der Waals surface area (Å²) >= 11 is 0. The van der Waals surface area contributed by atoms with E-state index in [1.165, 1.54) is 32.4 Å². The number of likely N-dealkylation sites (tertiary alicyclic amines) is 1. The van der Waals surface area contributed by atoms with Crippen molar-refractivity contribution >= 4 is 10.8 Å². The summed E-state index contributed by atoms with van der Waals surface area (Å²) in [4.78, 5) is 16.9. The van der Waals surface area contributed by atoms with Crippen LogP contribution in [-0.4, -0.2) is 36.1 Å². The zero-order valence-electron chi connectivity index (χ0n) is 11.6.